The first-order chi connectivity index (χ1) is 14.7. The topological polar surface area (TPSA) is 29.5 Å². The van der Waals surface area contributed by atoms with E-state index in [0.29, 0.717) is 12.3 Å². The third-order valence-electron chi connectivity index (χ3n) is 4.19. The molecule has 2 nitrogen and oxygen atoms in total. The molecule has 0 bridgehead atoms. The maximum absolute atomic E-state index is 9.37. The molecule has 0 spiro atoms. The van der Waals surface area contributed by atoms with Gasteiger partial charge in [-0.25, -0.2) is 0 Å². The van der Waals surface area contributed by atoms with Crippen molar-refractivity contribution in [2.45, 2.75) is 6.42 Å². The lowest BCUT2D eigenvalue weighted by Crippen LogP contribution is -2.01. The highest BCUT2D eigenvalue weighted by molar-refractivity contribution is 6.18. The fourth-order valence-electron chi connectivity index (χ4n) is 3.04. The van der Waals surface area contributed by atoms with Crippen LogP contribution in [0.25, 0.3) is 11.1 Å². The largest absolute Gasteiger partial charge is 0.491 e. The highest BCUT2D eigenvalue weighted by Crippen LogP contribution is 2.35. The Kier molecular flexibility index (Phi) is 5.35. The third-order valence-corrected chi connectivity index (χ3v) is 4.38. The Bertz CT molecular complexity index is 1010. The lowest BCUT2D eigenvalue weighted by atomic mass is 9.88. The van der Waals surface area contributed by atoms with E-state index in [0.717, 1.165) is 27.8 Å². The summed E-state index contributed by atoms with van der Waals surface area (Å²) in [6.45, 7) is -6.03. The molecule has 3 aromatic rings. The smallest absolute Gasteiger partial charge is 0.119 e. The molecule has 0 aliphatic heterocycles. The standard InChI is InChI=1S/C24H23ClO2/c25-16-15-23(19-7-3-1-4-8-19)24(20-9-5-2-6-10-20)21-11-13-22(14-12-21)27-18-17-26/h1-14,26H,15-18H2/b24-23-/i17D2,18D2. The first-order valence-electron chi connectivity index (χ1n) is 10.6. The van der Waals surface area contributed by atoms with E-state index in [1.54, 1.807) is 24.3 Å². The Labute approximate surface area is 171 Å². The molecule has 1 N–H and O–H groups in total. The normalized spacial score (nSPS) is 15.0. The molecule has 0 saturated heterocycles. The Morgan fingerprint density at radius 3 is 1.93 bits per heavy atom. The minimum Gasteiger partial charge on any atom is -0.491 e. The van der Waals surface area contributed by atoms with E-state index in [9.17, 15) is 5.11 Å². The predicted molar refractivity (Wildman–Crippen MR) is 113 cm³/mol. The van der Waals surface area contributed by atoms with Gasteiger partial charge in [0.1, 0.15) is 12.3 Å². The summed E-state index contributed by atoms with van der Waals surface area (Å²) in [5.74, 6) is 0.561. The number of benzene rings is 3. The summed E-state index contributed by atoms with van der Waals surface area (Å²) in [4.78, 5) is 0. The van der Waals surface area contributed by atoms with Crippen molar-refractivity contribution in [1.82, 2.24) is 0 Å². The van der Waals surface area contributed by atoms with Crippen LogP contribution in [0.4, 0.5) is 0 Å². The van der Waals surface area contributed by atoms with Gasteiger partial charge in [0.15, 0.2) is 0 Å². The van der Waals surface area contributed by atoms with Crippen molar-refractivity contribution >= 4 is 22.7 Å². The van der Waals surface area contributed by atoms with Gasteiger partial charge in [0.25, 0.3) is 0 Å². The van der Waals surface area contributed by atoms with Gasteiger partial charge in [-0.05, 0) is 46.4 Å². The van der Waals surface area contributed by atoms with Gasteiger partial charge in [-0.15, -0.1) is 11.6 Å². The Morgan fingerprint density at radius 1 is 0.815 bits per heavy atom. The van der Waals surface area contributed by atoms with Crippen LogP contribution in [0, 0.1) is 0 Å². The molecule has 0 heterocycles. The van der Waals surface area contributed by atoms with Gasteiger partial charge in [0.2, 0.25) is 0 Å². The number of aliphatic hydroxyl groups is 1. The molecule has 0 aliphatic carbocycles. The summed E-state index contributed by atoms with van der Waals surface area (Å²) in [6, 6.07) is 26.6. The van der Waals surface area contributed by atoms with Crippen LogP contribution in [0.15, 0.2) is 84.9 Å². The highest BCUT2D eigenvalue weighted by atomic mass is 35.5. The molecule has 3 rings (SSSR count). The van der Waals surface area contributed by atoms with Gasteiger partial charge in [-0.3, -0.25) is 0 Å². The zero-order valence-electron chi connectivity index (χ0n) is 18.7. The zero-order valence-corrected chi connectivity index (χ0v) is 15.5. The number of alkyl halides is 1. The second-order valence-corrected chi connectivity index (χ2v) is 6.24. The van der Waals surface area contributed by atoms with Crippen LogP contribution in [-0.4, -0.2) is 24.1 Å². The van der Waals surface area contributed by atoms with E-state index in [4.69, 9.17) is 21.8 Å². The quantitative estimate of drug-likeness (QED) is 0.403. The number of allylic oxidation sites excluding steroid dienone is 1. The average molecular weight is 383 g/mol. The lowest BCUT2D eigenvalue weighted by molar-refractivity contribution is 0.201. The van der Waals surface area contributed by atoms with Gasteiger partial charge < -0.3 is 9.84 Å². The van der Waals surface area contributed by atoms with Crippen molar-refractivity contribution in [2.24, 2.45) is 0 Å². The van der Waals surface area contributed by atoms with Gasteiger partial charge in [0, 0.05) is 5.88 Å². The molecule has 0 atom stereocenters. The van der Waals surface area contributed by atoms with Gasteiger partial charge in [-0.2, -0.15) is 0 Å². The average Bonchev–Trinajstić information content (AvgIpc) is 2.75. The minimum atomic E-state index is -3.14. The molecule has 0 aliphatic rings. The molecule has 0 saturated carbocycles. The van der Waals surface area contributed by atoms with Crippen molar-refractivity contribution < 1.29 is 15.3 Å². The Balaban J connectivity index is 2.09. The van der Waals surface area contributed by atoms with Crippen LogP contribution < -0.4 is 4.74 Å². The number of rotatable bonds is 8. The van der Waals surface area contributed by atoms with E-state index in [-0.39, 0.29) is 5.75 Å². The molecule has 3 heteroatoms. The molecule has 27 heavy (non-hydrogen) atoms. The van der Waals surface area contributed by atoms with Crippen LogP contribution in [0.2, 0.25) is 0 Å². The fraction of sp³-hybridized carbons (Fsp3) is 0.167. The summed E-state index contributed by atoms with van der Waals surface area (Å²) in [7, 11) is 0. The molecular weight excluding hydrogens is 356 g/mol. The van der Waals surface area contributed by atoms with Crippen molar-refractivity contribution in [1.29, 1.82) is 0 Å². The Hall–Kier alpha value is -2.55. The van der Waals surface area contributed by atoms with Crippen LogP contribution >= 0.6 is 11.6 Å². The molecular formula is C24H23ClO2. The summed E-state index contributed by atoms with van der Waals surface area (Å²) in [5.41, 5.74) is 5.04. The summed E-state index contributed by atoms with van der Waals surface area (Å²) >= 11 is 6.15. The maximum Gasteiger partial charge on any atom is 0.119 e. The number of halogens is 1. The van der Waals surface area contributed by atoms with E-state index in [1.807, 2.05) is 60.7 Å². The number of hydrogen-bond donors (Lipinski definition) is 1. The van der Waals surface area contributed by atoms with E-state index >= 15 is 0 Å². The minimum absolute atomic E-state index is 0.109. The molecule has 138 valence electrons. The SMILES string of the molecule is [2H]C([2H])(O)C([2H])([2H])Oc1ccc(/C(=C(/CCCl)c2ccccc2)c2ccccc2)cc1. The van der Waals surface area contributed by atoms with E-state index < -0.39 is 13.1 Å². The highest BCUT2D eigenvalue weighted by Gasteiger charge is 2.14. The maximum atomic E-state index is 9.37. The van der Waals surface area contributed by atoms with Gasteiger partial charge in [0.05, 0.1) is 12.0 Å². The zero-order chi connectivity index (χ0) is 22.5. The number of hydrogen-bond acceptors (Lipinski definition) is 2. The lowest BCUT2D eigenvalue weighted by Gasteiger charge is -2.17. The molecule has 3 aromatic carbocycles. The van der Waals surface area contributed by atoms with Gasteiger partial charge in [-0.1, -0.05) is 72.8 Å². The molecule has 0 amide bonds. The third kappa shape index (κ3) is 5.00. The van der Waals surface area contributed by atoms with Crippen LogP contribution in [0.3, 0.4) is 0 Å². The van der Waals surface area contributed by atoms with Crippen molar-refractivity contribution in [2.75, 3.05) is 19.0 Å². The summed E-state index contributed by atoms with van der Waals surface area (Å²) < 4.78 is 34.7. The van der Waals surface area contributed by atoms with Crippen LogP contribution in [-0.2, 0) is 0 Å². The summed E-state index contributed by atoms with van der Waals surface area (Å²) in [6.07, 6.45) is 0.654. The van der Waals surface area contributed by atoms with Crippen molar-refractivity contribution in [3.05, 3.63) is 102 Å². The van der Waals surface area contributed by atoms with Crippen molar-refractivity contribution in [3.63, 3.8) is 0 Å². The molecule has 0 unspecified atom stereocenters. The predicted octanol–water partition coefficient (Wildman–Crippen LogP) is 5.65. The van der Waals surface area contributed by atoms with E-state index in [2.05, 4.69) is 0 Å². The first-order valence-corrected chi connectivity index (χ1v) is 9.18. The van der Waals surface area contributed by atoms with Gasteiger partial charge >= 0.3 is 0 Å². The number of ether oxygens (including phenoxy) is 1. The monoisotopic (exact) mass is 382 g/mol. The molecule has 0 radical (unpaired) electrons. The van der Waals surface area contributed by atoms with E-state index in [1.165, 1.54) is 0 Å². The Morgan fingerprint density at radius 2 is 1.37 bits per heavy atom. The molecule has 0 fully saturated rings. The molecule has 0 aromatic heterocycles. The van der Waals surface area contributed by atoms with Crippen LogP contribution in [0.5, 0.6) is 5.75 Å². The van der Waals surface area contributed by atoms with Crippen LogP contribution in [0.1, 0.15) is 28.6 Å². The summed E-state index contributed by atoms with van der Waals surface area (Å²) in [5, 5.41) is 9.37. The van der Waals surface area contributed by atoms with Crippen molar-refractivity contribution in [3.8, 4) is 5.75 Å². The fourth-order valence-corrected chi connectivity index (χ4v) is 3.23. The second-order valence-electron chi connectivity index (χ2n) is 5.86. The second kappa shape index (κ2) is 9.96. The first kappa shape index (κ1) is 14.5.